The van der Waals surface area contributed by atoms with Crippen molar-refractivity contribution in [1.29, 1.82) is 0 Å². The molecule has 8 nitrogen and oxygen atoms in total. The van der Waals surface area contributed by atoms with Crippen molar-refractivity contribution in [2.45, 2.75) is 38.4 Å². The van der Waals surface area contributed by atoms with E-state index in [1.807, 2.05) is 18.2 Å². The molecule has 2 N–H and O–H groups in total. The Balaban J connectivity index is 1.49. The second-order valence-electron chi connectivity index (χ2n) is 8.29. The fourth-order valence-corrected chi connectivity index (χ4v) is 4.62. The second kappa shape index (κ2) is 8.63. The van der Waals surface area contributed by atoms with E-state index in [0.717, 1.165) is 42.9 Å². The highest BCUT2D eigenvalue weighted by atomic mass is 16.5. The van der Waals surface area contributed by atoms with Crippen LogP contribution in [0.2, 0.25) is 0 Å². The molecule has 5 rings (SSSR count). The number of fused-ring (bicyclic) bond motifs is 2. The van der Waals surface area contributed by atoms with Gasteiger partial charge in [-0.1, -0.05) is 18.2 Å². The third kappa shape index (κ3) is 3.93. The maximum atomic E-state index is 13.1. The Morgan fingerprint density at radius 1 is 1.09 bits per heavy atom. The summed E-state index contributed by atoms with van der Waals surface area (Å²) in [5.41, 5.74) is 6.98. The lowest BCUT2D eigenvalue weighted by Gasteiger charge is -2.26. The van der Waals surface area contributed by atoms with E-state index in [1.54, 1.807) is 12.1 Å². The molecule has 166 valence electrons. The van der Waals surface area contributed by atoms with Gasteiger partial charge in [0, 0.05) is 12.5 Å². The van der Waals surface area contributed by atoms with Gasteiger partial charge in [-0.15, -0.1) is 0 Å². The van der Waals surface area contributed by atoms with Crippen molar-refractivity contribution in [3.05, 3.63) is 64.2 Å². The van der Waals surface area contributed by atoms with Crippen molar-refractivity contribution >= 4 is 16.8 Å². The zero-order valence-electron chi connectivity index (χ0n) is 17.8. The number of carbonyl (C=O) groups is 1. The lowest BCUT2D eigenvalue weighted by molar-refractivity contribution is -0.118. The van der Waals surface area contributed by atoms with Gasteiger partial charge in [-0.05, 0) is 49.2 Å². The number of hydrogen-bond donors (Lipinski definition) is 1. The standard InChI is InChI=1S/C24H26N4O4/c25-22(29)14-28-23(26-18-6-2-1-5-17(18)24(28)30)15-27-10-3-7-19(27)16-8-9-20-21(13-16)32-12-4-11-31-20/h1-2,5-6,8-9,13,19H,3-4,7,10-12,14-15H2,(H2,25,29)/t19-/m1/s1. The van der Waals surface area contributed by atoms with Crippen LogP contribution in [0.25, 0.3) is 10.9 Å². The molecule has 0 radical (unpaired) electrons. The number of nitrogens with two attached hydrogens (primary N) is 1. The molecular weight excluding hydrogens is 408 g/mol. The fourth-order valence-electron chi connectivity index (χ4n) is 4.62. The number of hydrogen-bond acceptors (Lipinski definition) is 6. The van der Waals surface area contributed by atoms with Crippen molar-refractivity contribution in [3.8, 4) is 11.5 Å². The molecule has 1 fully saturated rings. The van der Waals surface area contributed by atoms with Crippen LogP contribution in [0.1, 0.15) is 36.7 Å². The van der Waals surface area contributed by atoms with Gasteiger partial charge in [0.15, 0.2) is 11.5 Å². The first-order valence-electron chi connectivity index (χ1n) is 11.0. The summed E-state index contributed by atoms with van der Waals surface area (Å²) in [5.74, 6) is 1.55. The van der Waals surface area contributed by atoms with Gasteiger partial charge in [0.2, 0.25) is 5.91 Å². The van der Waals surface area contributed by atoms with Gasteiger partial charge in [0.25, 0.3) is 5.56 Å². The summed E-state index contributed by atoms with van der Waals surface area (Å²) in [6.07, 6.45) is 2.89. The van der Waals surface area contributed by atoms with Crippen LogP contribution < -0.4 is 20.8 Å². The Morgan fingerprint density at radius 2 is 1.91 bits per heavy atom. The van der Waals surface area contributed by atoms with Crippen molar-refractivity contribution < 1.29 is 14.3 Å². The molecule has 1 atom stereocenters. The molecule has 0 bridgehead atoms. The number of para-hydroxylation sites is 1. The van der Waals surface area contributed by atoms with E-state index >= 15 is 0 Å². The van der Waals surface area contributed by atoms with Gasteiger partial charge in [-0.2, -0.15) is 0 Å². The highest BCUT2D eigenvalue weighted by Crippen LogP contribution is 2.38. The van der Waals surface area contributed by atoms with Crippen LogP contribution in [-0.2, 0) is 17.9 Å². The van der Waals surface area contributed by atoms with Gasteiger partial charge in [-0.3, -0.25) is 19.1 Å². The normalized spacial score (nSPS) is 18.6. The average Bonchev–Trinajstić information content (AvgIpc) is 3.11. The molecule has 0 aliphatic carbocycles. The maximum absolute atomic E-state index is 13.1. The Kier molecular flexibility index (Phi) is 5.53. The molecule has 1 aromatic heterocycles. The Hall–Kier alpha value is -3.39. The topological polar surface area (TPSA) is 99.7 Å². The van der Waals surface area contributed by atoms with Gasteiger partial charge in [0.1, 0.15) is 12.4 Å². The first-order valence-corrected chi connectivity index (χ1v) is 11.0. The molecule has 32 heavy (non-hydrogen) atoms. The van der Waals surface area contributed by atoms with E-state index in [9.17, 15) is 9.59 Å². The number of carbonyl (C=O) groups excluding carboxylic acids is 1. The Bertz CT molecular complexity index is 1220. The second-order valence-corrected chi connectivity index (χ2v) is 8.29. The molecule has 2 aromatic carbocycles. The van der Waals surface area contributed by atoms with Gasteiger partial charge in [0.05, 0.1) is 30.7 Å². The van der Waals surface area contributed by atoms with Gasteiger partial charge in [-0.25, -0.2) is 4.98 Å². The molecule has 2 aliphatic rings. The van der Waals surface area contributed by atoms with Crippen LogP contribution in [0.3, 0.4) is 0 Å². The number of nitrogens with zero attached hydrogens (tertiary/aromatic N) is 3. The molecular formula is C24H26N4O4. The van der Waals surface area contributed by atoms with Gasteiger partial charge >= 0.3 is 0 Å². The SMILES string of the molecule is NC(=O)Cn1c(CN2CCC[C@@H]2c2ccc3c(c2)OCCCO3)nc2ccccc2c1=O. The van der Waals surface area contributed by atoms with Crippen LogP contribution in [0.4, 0.5) is 0 Å². The van der Waals surface area contributed by atoms with Crippen LogP contribution >= 0.6 is 0 Å². The maximum Gasteiger partial charge on any atom is 0.261 e. The van der Waals surface area contributed by atoms with E-state index < -0.39 is 5.91 Å². The van der Waals surface area contributed by atoms with Crippen LogP contribution in [0, 0.1) is 0 Å². The minimum atomic E-state index is -0.564. The number of likely N-dealkylation sites (tertiary alicyclic amines) is 1. The fraction of sp³-hybridized carbons (Fsp3) is 0.375. The predicted molar refractivity (Wildman–Crippen MR) is 120 cm³/mol. The highest BCUT2D eigenvalue weighted by molar-refractivity contribution is 5.78. The molecule has 1 amide bonds. The molecule has 0 saturated carbocycles. The molecule has 2 aliphatic heterocycles. The monoisotopic (exact) mass is 434 g/mol. The summed E-state index contributed by atoms with van der Waals surface area (Å²) in [6.45, 7) is 2.44. The number of ether oxygens (including phenoxy) is 2. The first-order chi connectivity index (χ1) is 15.6. The van der Waals surface area contributed by atoms with Crippen LogP contribution in [-0.4, -0.2) is 40.1 Å². The van der Waals surface area contributed by atoms with E-state index in [-0.39, 0.29) is 18.1 Å². The van der Waals surface area contributed by atoms with E-state index in [0.29, 0.717) is 36.5 Å². The Morgan fingerprint density at radius 3 is 2.75 bits per heavy atom. The van der Waals surface area contributed by atoms with E-state index in [1.165, 1.54) is 4.57 Å². The quantitative estimate of drug-likeness (QED) is 0.662. The highest BCUT2D eigenvalue weighted by Gasteiger charge is 2.29. The number of primary amides is 1. The van der Waals surface area contributed by atoms with Crippen molar-refractivity contribution in [3.63, 3.8) is 0 Å². The van der Waals surface area contributed by atoms with Crippen LogP contribution in [0.15, 0.2) is 47.3 Å². The number of rotatable bonds is 5. The average molecular weight is 434 g/mol. The molecule has 1 saturated heterocycles. The number of benzene rings is 2. The largest absolute Gasteiger partial charge is 0.490 e. The predicted octanol–water partition coefficient (Wildman–Crippen LogP) is 2.38. The van der Waals surface area contributed by atoms with Crippen molar-refractivity contribution in [1.82, 2.24) is 14.5 Å². The number of aromatic nitrogens is 2. The van der Waals surface area contributed by atoms with Gasteiger partial charge < -0.3 is 15.2 Å². The summed E-state index contributed by atoms with van der Waals surface area (Å²) >= 11 is 0. The lowest BCUT2D eigenvalue weighted by Crippen LogP contribution is -2.34. The smallest absolute Gasteiger partial charge is 0.261 e. The summed E-state index contributed by atoms with van der Waals surface area (Å²) in [5, 5.41) is 0.485. The molecule has 8 heteroatoms. The van der Waals surface area contributed by atoms with Crippen molar-refractivity contribution in [2.75, 3.05) is 19.8 Å². The number of amides is 1. The molecule has 0 spiro atoms. The zero-order chi connectivity index (χ0) is 22.1. The van der Waals surface area contributed by atoms with E-state index in [2.05, 4.69) is 17.0 Å². The van der Waals surface area contributed by atoms with Crippen molar-refractivity contribution in [2.24, 2.45) is 5.73 Å². The zero-order valence-corrected chi connectivity index (χ0v) is 17.8. The minimum Gasteiger partial charge on any atom is -0.490 e. The minimum absolute atomic E-state index is 0.164. The van der Waals surface area contributed by atoms with Crippen LogP contribution in [0.5, 0.6) is 11.5 Å². The third-order valence-corrected chi connectivity index (χ3v) is 6.12. The summed E-state index contributed by atoms with van der Waals surface area (Å²) < 4.78 is 13.1. The summed E-state index contributed by atoms with van der Waals surface area (Å²) in [4.78, 5) is 31.8. The Labute approximate surface area is 185 Å². The van der Waals surface area contributed by atoms with E-state index in [4.69, 9.17) is 20.2 Å². The first kappa shape index (κ1) is 20.5. The molecule has 3 aromatic rings. The summed E-state index contributed by atoms with van der Waals surface area (Å²) in [6, 6.07) is 13.5. The third-order valence-electron chi connectivity index (χ3n) is 6.12. The lowest BCUT2D eigenvalue weighted by atomic mass is 10.0. The molecule has 0 unspecified atom stereocenters. The molecule has 3 heterocycles. The summed E-state index contributed by atoms with van der Waals surface area (Å²) in [7, 11) is 0.